The van der Waals surface area contributed by atoms with Crippen LogP contribution in [0.15, 0.2) is 18.2 Å². The van der Waals surface area contributed by atoms with Gasteiger partial charge in [0.1, 0.15) is 11.6 Å². The molecule has 0 aliphatic heterocycles. The molecule has 1 unspecified atom stereocenters. The quantitative estimate of drug-likeness (QED) is 0.831. The molecule has 0 spiro atoms. The molecule has 0 aromatic heterocycles. The van der Waals surface area contributed by atoms with Gasteiger partial charge in [0.05, 0.1) is 0 Å². The van der Waals surface area contributed by atoms with E-state index in [1.165, 1.54) is 18.2 Å². The zero-order valence-corrected chi connectivity index (χ0v) is 10.3. The van der Waals surface area contributed by atoms with E-state index >= 15 is 0 Å². The second-order valence-electron chi connectivity index (χ2n) is 5.30. The molecule has 1 rings (SSSR count). The minimum absolute atomic E-state index is 0.0932. The van der Waals surface area contributed by atoms with Crippen molar-refractivity contribution in [3.63, 3.8) is 0 Å². The molecule has 0 amide bonds. The summed E-state index contributed by atoms with van der Waals surface area (Å²) < 4.78 is 26.9. The number of benzene rings is 1. The fourth-order valence-corrected chi connectivity index (χ4v) is 1.49. The summed E-state index contributed by atoms with van der Waals surface area (Å²) in [5, 5.41) is 3.14. The van der Waals surface area contributed by atoms with E-state index in [1.807, 2.05) is 0 Å². The van der Waals surface area contributed by atoms with Gasteiger partial charge in [-0.2, -0.15) is 0 Å². The van der Waals surface area contributed by atoms with E-state index in [4.69, 9.17) is 0 Å². The first kappa shape index (κ1) is 13.1. The normalized spacial score (nSPS) is 13.9. The lowest BCUT2D eigenvalue weighted by molar-refractivity contribution is 0.352. The zero-order valence-electron chi connectivity index (χ0n) is 10.3. The van der Waals surface area contributed by atoms with Gasteiger partial charge in [-0.3, -0.25) is 0 Å². The summed E-state index contributed by atoms with van der Waals surface area (Å²) >= 11 is 0. The Morgan fingerprint density at radius 1 is 1.19 bits per heavy atom. The van der Waals surface area contributed by atoms with Gasteiger partial charge in [0.2, 0.25) is 0 Å². The molecule has 0 radical (unpaired) electrons. The lowest BCUT2D eigenvalue weighted by Gasteiger charge is -2.23. The average molecular weight is 227 g/mol. The smallest absolute Gasteiger partial charge is 0.130 e. The maximum Gasteiger partial charge on any atom is 0.130 e. The minimum atomic E-state index is -0.492. The van der Waals surface area contributed by atoms with Crippen LogP contribution >= 0.6 is 0 Å². The van der Waals surface area contributed by atoms with Crippen molar-refractivity contribution < 1.29 is 8.78 Å². The molecule has 3 heteroatoms. The molecule has 1 nitrogen and oxygen atoms in total. The van der Waals surface area contributed by atoms with Crippen molar-refractivity contribution in [2.24, 2.45) is 5.41 Å². The zero-order chi connectivity index (χ0) is 12.3. The van der Waals surface area contributed by atoms with Crippen LogP contribution < -0.4 is 5.32 Å². The lowest BCUT2D eigenvalue weighted by atomic mass is 9.96. The van der Waals surface area contributed by atoms with E-state index in [0.717, 1.165) is 0 Å². The Morgan fingerprint density at radius 2 is 1.69 bits per heavy atom. The van der Waals surface area contributed by atoms with Crippen molar-refractivity contribution in [1.82, 2.24) is 5.32 Å². The van der Waals surface area contributed by atoms with Gasteiger partial charge >= 0.3 is 0 Å². The molecular formula is C13H19F2N. The van der Waals surface area contributed by atoms with Crippen LogP contribution in [0.4, 0.5) is 8.78 Å². The Kier molecular flexibility index (Phi) is 4.03. The van der Waals surface area contributed by atoms with Crippen LogP contribution in [0.25, 0.3) is 0 Å². The molecule has 16 heavy (non-hydrogen) atoms. The Balaban J connectivity index is 2.77. The summed E-state index contributed by atoms with van der Waals surface area (Å²) in [6, 6.07) is 3.63. The van der Waals surface area contributed by atoms with Crippen LogP contribution in [0.5, 0.6) is 0 Å². The summed E-state index contributed by atoms with van der Waals surface area (Å²) in [5.74, 6) is -0.984. The minimum Gasteiger partial charge on any atom is -0.309 e. The molecule has 1 aromatic carbocycles. The summed E-state index contributed by atoms with van der Waals surface area (Å²) in [5.41, 5.74) is 0.211. The maximum absolute atomic E-state index is 13.4. The Bertz CT molecular complexity index is 335. The predicted molar refractivity (Wildman–Crippen MR) is 62.2 cm³/mol. The van der Waals surface area contributed by atoms with Gasteiger partial charge in [-0.1, -0.05) is 26.8 Å². The number of rotatable bonds is 3. The molecule has 1 atom stereocenters. The monoisotopic (exact) mass is 227 g/mol. The number of nitrogens with one attached hydrogen (secondary N) is 1. The molecule has 0 bridgehead atoms. The van der Waals surface area contributed by atoms with Crippen molar-refractivity contribution in [1.29, 1.82) is 0 Å². The van der Waals surface area contributed by atoms with Gasteiger partial charge in [0.15, 0.2) is 0 Å². The first-order valence-electron chi connectivity index (χ1n) is 5.48. The second kappa shape index (κ2) is 4.91. The molecule has 0 heterocycles. The lowest BCUT2D eigenvalue weighted by Crippen LogP contribution is -2.30. The summed E-state index contributed by atoms with van der Waals surface area (Å²) in [7, 11) is 0. The third-order valence-electron chi connectivity index (χ3n) is 2.37. The Labute approximate surface area is 95.9 Å². The molecule has 1 aromatic rings. The predicted octanol–water partition coefficient (Wildman–Crippen LogP) is 3.66. The van der Waals surface area contributed by atoms with Crippen molar-refractivity contribution in [2.45, 2.75) is 33.7 Å². The molecule has 1 N–H and O–H groups in total. The Morgan fingerprint density at radius 3 is 2.12 bits per heavy atom. The van der Waals surface area contributed by atoms with E-state index < -0.39 is 11.6 Å². The van der Waals surface area contributed by atoms with Crippen molar-refractivity contribution in [3.05, 3.63) is 35.4 Å². The van der Waals surface area contributed by atoms with Crippen molar-refractivity contribution >= 4 is 0 Å². The number of hydrogen-bond donors (Lipinski definition) is 1. The first-order valence-corrected chi connectivity index (χ1v) is 5.48. The van der Waals surface area contributed by atoms with Gasteiger partial charge < -0.3 is 5.32 Å². The highest BCUT2D eigenvalue weighted by Gasteiger charge is 2.18. The molecule has 0 saturated carbocycles. The average Bonchev–Trinajstić information content (AvgIpc) is 2.13. The highest BCUT2D eigenvalue weighted by molar-refractivity contribution is 5.22. The molecular weight excluding hydrogens is 208 g/mol. The van der Waals surface area contributed by atoms with Crippen LogP contribution in [-0.4, -0.2) is 6.54 Å². The molecule has 0 fully saturated rings. The summed E-state index contributed by atoms with van der Waals surface area (Å²) in [6.45, 7) is 8.70. The van der Waals surface area contributed by atoms with E-state index in [-0.39, 0.29) is 17.0 Å². The molecule has 0 aliphatic rings. The largest absolute Gasteiger partial charge is 0.309 e. The van der Waals surface area contributed by atoms with Gasteiger partial charge in [0, 0.05) is 18.2 Å². The van der Waals surface area contributed by atoms with Crippen LogP contribution in [0, 0.1) is 17.0 Å². The van der Waals surface area contributed by atoms with Gasteiger partial charge in [0.25, 0.3) is 0 Å². The third-order valence-corrected chi connectivity index (χ3v) is 2.37. The van der Waals surface area contributed by atoms with Crippen LogP contribution in [-0.2, 0) is 0 Å². The van der Waals surface area contributed by atoms with Gasteiger partial charge in [-0.15, -0.1) is 0 Å². The highest BCUT2D eigenvalue weighted by atomic mass is 19.1. The van der Waals surface area contributed by atoms with E-state index in [2.05, 4.69) is 26.1 Å². The Hall–Kier alpha value is -0.960. The second-order valence-corrected chi connectivity index (χ2v) is 5.30. The third kappa shape index (κ3) is 3.56. The SMILES string of the molecule is CC(NCC(C)(C)C)c1c(F)cccc1F. The molecule has 0 aliphatic carbocycles. The number of halogens is 2. The topological polar surface area (TPSA) is 12.0 Å². The van der Waals surface area contributed by atoms with Crippen LogP contribution in [0.2, 0.25) is 0 Å². The van der Waals surface area contributed by atoms with Crippen molar-refractivity contribution in [2.75, 3.05) is 6.54 Å². The first-order chi connectivity index (χ1) is 7.31. The fraction of sp³-hybridized carbons (Fsp3) is 0.538. The van der Waals surface area contributed by atoms with E-state index in [9.17, 15) is 8.78 Å². The molecule has 90 valence electrons. The van der Waals surface area contributed by atoms with E-state index in [0.29, 0.717) is 6.54 Å². The van der Waals surface area contributed by atoms with Crippen LogP contribution in [0.3, 0.4) is 0 Å². The molecule has 0 saturated heterocycles. The maximum atomic E-state index is 13.4. The fourth-order valence-electron chi connectivity index (χ4n) is 1.49. The number of hydrogen-bond acceptors (Lipinski definition) is 1. The highest BCUT2D eigenvalue weighted by Crippen LogP contribution is 2.21. The van der Waals surface area contributed by atoms with E-state index in [1.54, 1.807) is 6.92 Å². The van der Waals surface area contributed by atoms with Gasteiger partial charge in [-0.25, -0.2) is 8.78 Å². The van der Waals surface area contributed by atoms with Gasteiger partial charge in [-0.05, 0) is 24.5 Å². The summed E-state index contributed by atoms with van der Waals surface area (Å²) in [4.78, 5) is 0. The van der Waals surface area contributed by atoms with Crippen molar-refractivity contribution in [3.8, 4) is 0 Å². The standard InChI is InChI=1S/C13H19F2N/c1-9(16-8-13(2,3)4)12-10(14)6-5-7-11(12)15/h5-7,9,16H,8H2,1-4H3. The van der Waals surface area contributed by atoms with Crippen LogP contribution in [0.1, 0.15) is 39.3 Å². The summed E-state index contributed by atoms with van der Waals surface area (Å²) in [6.07, 6.45) is 0.